The summed E-state index contributed by atoms with van der Waals surface area (Å²) in [5.41, 5.74) is 0.865. The van der Waals surface area contributed by atoms with Crippen LogP contribution in [0.25, 0.3) is 0 Å². The van der Waals surface area contributed by atoms with E-state index in [1.807, 2.05) is 0 Å². The Kier molecular flexibility index (Phi) is 6.56. The van der Waals surface area contributed by atoms with Crippen molar-refractivity contribution in [2.24, 2.45) is 0 Å². The molecule has 6 heteroatoms. The summed E-state index contributed by atoms with van der Waals surface area (Å²) in [6, 6.07) is 1.61. The minimum atomic E-state index is -0.0417. The molecule has 1 aromatic heterocycles. The highest BCUT2D eigenvalue weighted by molar-refractivity contribution is 7.99. The van der Waals surface area contributed by atoms with Crippen LogP contribution in [0.5, 0.6) is 0 Å². The fraction of sp³-hybridized carbons (Fsp3) is 0.714. The van der Waals surface area contributed by atoms with Crippen LogP contribution in [0.4, 0.5) is 0 Å². The van der Waals surface area contributed by atoms with E-state index in [0.717, 1.165) is 68.7 Å². The molecule has 0 aliphatic carbocycles. The van der Waals surface area contributed by atoms with E-state index in [1.165, 1.54) is 0 Å². The molecule has 0 amide bonds. The van der Waals surface area contributed by atoms with Gasteiger partial charge >= 0.3 is 0 Å². The van der Waals surface area contributed by atoms with Crippen LogP contribution in [0, 0.1) is 0 Å². The number of rotatable bonds is 7. The van der Waals surface area contributed by atoms with E-state index in [4.69, 9.17) is 4.74 Å². The lowest BCUT2D eigenvalue weighted by atomic mass is 10.2. The van der Waals surface area contributed by atoms with Crippen molar-refractivity contribution in [3.8, 4) is 0 Å². The molecule has 2 rings (SSSR count). The number of nitrogens with one attached hydrogen (secondary N) is 1. The number of nitrogens with zero attached hydrogens (tertiary/aromatic N) is 2. The molecular formula is C14H23N3O2S. The van der Waals surface area contributed by atoms with Crippen LogP contribution in [-0.4, -0.2) is 53.5 Å². The van der Waals surface area contributed by atoms with Gasteiger partial charge in [0.15, 0.2) is 5.16 Å². The highest BCUT2D eigenvalue weighted by Gasteiger charge is 2.10. The highest BCUT2D eigenvalue weighted by atomic mass is 32.2. The van der Waals surface area contributed by atoms with E-state index in [1.54, 1.807) is 17.8 Å². The molecule has 1 N–H and O–H groups in total. The molecule has 0 aromatic carbocycles. The van der Waals surface area contributed by atoms with Crippen LogP contribution in [0.1, 0.15) is 25.5 Å². The summed E-state index contributed by atoms with van der Waals surface area (Å²) in [6.07, 6.45) is 3.08. The summed E-state index contributed by atoms with van der Waals surface area (Å²) in [7, 11) is 0. The van der Waals surface area contributed by atoms with Crippen LogP contribution in [-0.2, 0) is 11.2 Å². The molecule has 0 bridgehead atoms. The third kappa shape index (κ3) is 5.26. The molecule has 0 radical (unpaired) electrons. The molecule has 1 fully saturated rings. The molecule has 5 nitrogen and oxygen atoms in total. The minimum absolute atomic E-state index is 0.0417. The molecule has 1 saturated heterocycles. The standard InChI is InChI=1S/C14H23N3O2S/c1-2-3-4-12-11-13(18)16-14(15-12)20-10-7-17-5-8-19-9-6-17/h11H,2-10H2,1H3,(H,15,16,18). The molecule has 2 heterocycles. The number of aryl methyl sites for hydroxylation is 1. The average molecular weight is 297 g/mol. The minimum Gasteiger partial charge on any atom is -0.379 e. The predicted octanol–water partition coefficient (Wildman–Crippen LogP) is 1.54. The number of hydrogen-bond acceptors (Lipinski definition) is 5. The van der Waals surface area contributed by atoms with Gasteiger partial charge < -0.3 is 9.72 Å². The number of thioether (sulfide) groups is 1. The molecule has 0 atom stereocenters. The third-order valence-corrected chi connectivity index (χ3v) is 4.16. The maximum atomic E-state index is 11.6. The summed E-state index contributed by atoms with van der Waals surface area (Å²) in [6.45, 7) is 6.81. The zero-order chi connectivity index (χ0) is 14.2. The average Bonchev–Trinajstić information content (AvgIpc) is 2.46. The largest absolute Gasteiger partial charge is 0.379 e. The van der Waals surface area contributed by atoms with Crippen molar-refractivity contribution in [1.82, 2.24) is 14.9 Å². The SMILES string of the molecule is CCCCc1cc(=O)[nH]c(SCCN2CCOCC2)n1. The molecule has 112 valence electrons. The van der Waals surface area contributed by atoms with Gasteiger partial charge in [0.1, 0.15) is 0 Å². The third-order valence-electron chi connectivity index (χ3n) is 3.31. The topological polar surface area (TPSA) is 58.2 Å². The number of morpholine rings is 1. The fourth-order valence-corrected chi connectivity index (χ4v) is 3.03. The first-order valence-corrected chi connectivity index (χ1v) is 8.29. The second-order valence-electron chi connectivity index (χ2n) is 4.95. The van der Waals surface area contributed by atoms with Crippen molar-refractivity contribution < 1.29 is 4.74 Å². The number of aromatic nitrogens is 2. The maximum absolute atomic E-state index is 11.6. The van der Waals surface area contributed by atoms with E-state index in [9.17, 15) is 4.79 Å². The number of aromatic amines is 1. The summed E-state index contributed by atoms with van der Waals surface area (Å²) in [5, 5.41) is 0.747. The Bertz CT molecular complexity index is 458. The predicted molar refractivity (Wildman–Crippen MR) is 81.5 cm³/mol. The van der Waals surface area contributed by atoms with Gasteiger partial charge in [0.2, 0.25) is 0 Å². The van der Waals surface area contributed by atoms with Gasteiger partial charge in [-0.1, -0.05) is 25.1 Å². The summed E-state index contributed by atoms with van der Waals surface area (Å²) < 4.78 is 5.32. The van der Waals surface area contributed by atoms with Gasteiger partial charge in [0.25, 0.3) is 5.56 Å². The van der Waals surface area contributed by atoms with E-state index >= 15 is 0 Å². The van der Waals surface area contributed by atoms with Crippen molar-refractivity contribution in [3.63, 3.8) is 0 Å². The molecule has 0 saturated carbocycles. The van der Waals surface area contributed by atoms with E-state index in [0.29, 0.717) is 0 Å². The normalized spacial score (nSPS) is 16.4. The van der Waals surface area contributed by atoms with E-state index in [2.05, 4.69) is 21.8 Å². The number of unbranched alkanes of at least 4 members (excludes halogenated alkanes) is 1. The summed E-state index contributed by atoms with van der Waals surface area (Å²) >= 11 is 1.63. The van der Waals surface area contributed by atoms with Crippen molar-refractivity contribution in [2.45, 2.75) is 31.3 Å². The Balaban J connectivity index is 1.82. The maximum Gasteiger partial charge on any atom is 0.251 e. The van der Waals surface area contributed by atoms with Crippen LogP contribution in [0.2, 0.25) is 0 Å². The zero-order valence-electron chi connectivity index (χ0n) is 12.1. The monoisotopic (exact) mass is 297 g/mol. The van der Waals surface area contributed by atoms with E-state index < -0.39 is 0 Å². The second kappa shape index (κ2) is 8.44. The first-order chi connectivity index (χ1) is 9.78. The van der Waals surface area contributed by atoms with Crippen LogP contribution < -0.4 is 5.56 Å². The van der Waals surface area contributed by atoms with Gasteiger partial charge in [-0.05, 0) is 12.8 Å². The Labute approximate surface area is 124 Å². The Morgan fingerprint density at radius 1 is 1.45 bits per heavy atom. The van der Waals surface area contributed by atoms with Gasteiger partial charge in [0, 0.05) is 37.1 Å². The van der Waals surface area contributed by atoms with Crippen molar-refractivity contribution in [1.29, 1.82) is 0 Å². The molecule has 0 unspecified atom stereocenters. The lowest BCUT2D eigenvalue weighted by Crippen LogP contribution is -2.37. The first-order valence-electron chi connectivity index (χ1n) is 7.31. The van der Waals surface area contributed by atoms with Gasteiger partial charge in [-0.2, -0.15) is 0 Å². The van der Waals surface area contributed by atoms with Gasteiger partial charge in [-0.15, -0.1) is 0 Å². The quantitative estimate of drug-likeness (QED) is 0.611. The number of ether oxygens (including phenoxy) is 1. The van der Waals surface area contributed by atoms with Crippen LogP contribution in [0.3, 0.4) is 0 Å². The fourth-order valence-electron chi connectivity index (χ4n) is 2.13. The number of H-pyrrole nitrogens is 1. The second-order valence-corrected chi connectivity index (χ2v) is 6.03. The highest BCUT2D eigenvalue weighted by Crippen LogP contribution is 2.12. The van der Waals surface area contributed by atoms with E-state index in [-0.39, 0.29) is 5.56 Å². The molecular weight excluding hydrogens is 274 g/mol. The molecule has 20 heavy (non-hydrogen) atoms. The van der Waals surface area contributed by atoms with Crippen LogP contribution >= 0.6 is 11.8 Å². The van der Waals surface area contributed by atoms with Gasteiger partial charge in [0.05, 0.1) is 13.2 Å². The molecule has 1 aliphatic heterocycles. The summed E-state index contributed by atoms with van der Waals surface area (Å²) in [5.74, 6) is 0.945. The molecule has 1 aliphatic rings. The van der Waals surface area contributed by atoms with Crippen molar-refractivity contribution in [2.75, 3.05) is 38.6 Å². The first kappa shape index (κ1) is 15.5. The Morgan fingerprint density at radius 2 is 2.25 bits per heavy atom. The lowest BCUT2D eigenvalue weighted by Gasteiger charge is -2.26. The van der Waals surface area contributed by atoms with Gasteiger partial charge in [-0.3, -0.25) is 9.69 Å². The molecule has 0 spiro atoms. The summed E-state index contributed by atoms with van der Waals surface area (Å²) in [4.78, 5) is 21.3. The van der Waals surface area contributed by atoms with Crippen molar-refractivity contribution in [3.05, 3.63) is 22.1 Å². The lowest BCUT2D eigenvalue weighted by molar-refractivity contribution is 0.0410. The molecule has 1 aromatic rings. The zero-order valence-corrected chi connectivity index (χ0v) is 12.9. The Morgan fingerprint density at radius 3 is 3.00 bits per heavy atom. The number of hydrogen-bond donors (Lipinski definition) is 1. The smallest absolute Gasteiger partial charge is 0.251 e. The van der Waals surface area contributed by atoms with Crippen LogP contribution in [0.15, 0.2) is 16.0 Å². The Hall–Kier alpha value is -0.850. The van der Waals surface area contributed by atoms with Gasteiger partial charge in [-0.25, -0.2) is 4.98 Å². The van der Waals surface area contributed by atoms with Crippen molar-refractivity contribution >= 4 is 11.8 Å².